The van der Waals surface area contributed by atoms with Gasteiger partial charge in [-0.05, 0) is 54.5 Å². The molecule has 1 aliphatic rings. The fraction of sp³-hybridized carbons (Fsp3) is 0.308. The highest BCUT2D eigenvalue weighted by Crippen LogP contribution is 2.38. The monoisotopic (exact) mass is 406 g/mol. The van der Waals surface area contributed by atoms with Crippen molar-refractivity contribution in [2.24, 2.45) is 5.92 Å². The standard InChI is InChI=1S/C26H24F2O2/c1-2-4-16-7-9-18(10-8-16)19-11-12-20-21-13-14-22(29-15-17-5-3-6-17)24(28)26(21)30-25(20)23(19)27/h7-14,17H,2-6,15H2,1H3. The van der Waals surface area contributed by atoms with Gasteiger partial charge in [-0.25, -0.2) is 4.39 Å². The molecule has 0 radical (unpaired) electrons. The zero-order valence-corrected chi connectivity index (χ0v) is 17.0. The lowest BCUT2D eigenvalue weighted by atomic mass is 9.86. The molecule has 0 spiro atoms. The van der Waals surface area contributed by atoms with Crippen molar-refractivity contribution in [3.63, 3.8) is 0 Å². The van der Waals surface area contributed by atoms with E-state index in [1.165, 1.54) is 12.0 Å². The van der Waals surface area contributed by atoms with Crippen LogP contribution >= 0.6 is 0 Å². The molecule has 0 bridgehead atoms. The van der Waals surface area contributed by atoms with Crippen LogP contribution in [0.5, 0.6) is 5.75 Å². The lowest BCUT2D eigenvalue weighted by Crippen LogP contribution is -2.19. The van der Waals surface area contributed by atoms with Crippen LogP contribution in [0.4, 0.5) is 8.78 Å². The number of halogens is 2. The summed E-state index contributed by atoms with van der Waals surface area (Å²) >= 11 is 0. The van der Waals surface area contributed by atoms with Gasteiger partial charge in [-0.15, -0.1) is 0 Å². The molecule has 1 aromatic heterocycles. The molecule has 4 heteroatoms. The number of hydrogen-bond donors (Lipinski definition) is 0. The Bertz CT molecular complexity index is 1200. The number of rotatable bonds is 6. The Hall–Kier alpha value is -2.88. The predicted molar refractivity (Wildman–Crippen MR) is 116 cm³/mol. The van der Waals surface area contributed by atoms with Gasteiger partial charge < -0.3 is 9.15 Å². The summed E-state index contributed by atoms with van der Waals surface area (Å²) in [5, 5.41) is 1.13. The van der Waals surface area contributed by atoms with Gasteiger partial charge in [0.05, 0.1) is 6.61 Å². The van der Waals surface area contributed by atoms with Crippen LogP contribution < -0.4 is 4.74 Å². The summed E-state index contributed by atoms with van der Waals surface area (Å²) in [7, 11) is 0. The normalized spacial score (nSPS) is 14.4. The SMILES string of the molecule is CCCc1ccc(-c2ccc3c(oc4c(F)c(OCC5CCC5)ccc43)c2F)cc1. The molecule has 1 saturated carbocycles. The van der Waals surface area contributed by atoms with E-state index in [0.29, 0.717) is 28.9 Å². The van der Waals surface area contributed by atoms with Crippen LogP contribution in [0.1, 0.15) is 38.2 Å². The van der Waals surface area contributed by atoms with Crippen molar-refractivity contribution < 1.29 is 17.9 Å². The lowest BCUT2D eigenvalue weighted by molar-refractivity contribution is 0.175. The topological polar surface area (TPSA) is 22.4 Å². The van der Waals surface area contributed by atoms with Gasteiger partial charge >= 0.3 is 0 Å². The number of ether oxygens (including phenoxy) is 1. The highest BCUT2D eigenvalue weighted by Gasteiger charge is 2.22. The fourth-order valence-corrected chi connectivity index (χ4v) is 4.16. The van der Waals surface area contributed by atoms with E-state index < -0.39 is 11.6 Å². The van der Waals surface area contributed by atoms with Crippen LogP contribution in [-0.4, -0.2) is 6.61 Å². The average Bonchev–Trinajstić information content (AvgIpc) is 3.10. The van der Waals surface area contributed by atoms with Crippen LogP contribution in [0.25, 0.3) is 33.1 Å². The Morgan fingerprint density at radius 2 is 1.60 bits per heavy atom. The smallest absolute Gasteiger partial charge is 0.208 e. The molecule has 154 valence electrons. The summed E-state index contributed by atoms with van der Waals surface area (Å²) in [6, 6.07) is 14.8. The van der Waals surface area contributed by atoms with Crippen LogP contribution in [-0.2, 0) is 6.42 Å². The summed E-state index contributed by atoms with van der Waals surface area (Å²) in [6.45, 7) is 2.64. The number of hydrogen-bond acceptors (Lipinski definition) is 2. The molecule has 2 nitrogen and oxygen atoms in total. The summed E-state index contributed by atoms with van der Waals surface area (Å²) < 4.78 is 41.7. The first kappa shape index (κ1) is 19.1. The van der Waals surface area contributed by atoms with Crippen LogP contribution in [0.2, 0.25) is 0 Å². The van der Waals surface area contributed by atoms with Crippen LogP contribution in [0.15, 0.2) is 52.9 Å². The molecule has 3 aromatic carbocycles. The van der Waals surface area contributed by atoms with Gasteiger partial charge in [0.15, 0.2) is 22.7 Å². The second kappa shape index (κ2) is 7.75. The van der Waals surface area contributed by atoms with Gasteiger partial charge in [0.25, 0.3) is 0 Å². The Kier molecular flexibility index (Phi) is 4.93. The van der Waals surface area contributed by atoms with E-state index >= 15 is 8.78 Å². The molecule has 1 aliphatic carbocycles. The highest BCUT2D eigenvalue weighted by atomic mass is 19.1. The van der Waals surface area contributed by atoms with Crippen LogP contribution in [0, 0.1) is 17.6 Å². The maximum atomic E-state index is 15.3. The zero-order chi connectivity index (χ0) is 20.7. The van der Waals surface area contributed by atoms with Crippen LogP contribution in [0.3, 0.4) is 0 Å². The van der Waals surface area contributed by atoms with Gasteiger partial charge in [0, 0.05) is 16.3 Å². The second-order valence-corrected chi connectivity index (χ2v) is 8.22. The molecule has 0 amide bonds. The first-order valence-corrected chi connectivity index (χ1v) is 10.7. The number of furan rings is 1. The summed E-state index contributed by atoms with van der Waals surface area (Å²) in [5.41, 5.74) is 2.58. The van der Waals surface area contributed by atoms with E-state index in [9.17, 15) is 0 Å². The molecule has 1 heterocycles. The van der Waals surface area contributed by atoms with Gasteiger partial charge in [0.2, 0.25) is 5.82 Å². The Morgan fingerprint density at radius 3 is 2.27 bits per heavy atom. The van der Waals surface area contributed by atoms with Crippen molar-refractivity contribution in [2.75, 3.05) is 6.61 Å². The average molecular weight is 406 g/mol. The van der Waals surface area contributed by atoms with Crippen molar-refractivity contribution in [1.29, 1.82) is 0 Å². The maximum Gasteiger partial charge on any atom is 0.208 e. The minimum absolute atomic E-state index is 0.0467. The Balaban J connectivity index is 1.53. The molecule has 0 saturated heterocycles. The number of fused-ring (bicyclic) bond motifs is 3. The molecular weight excluding hydrogens is 382 g/mol. The molecule has 5 rings (SSSR count). The third-order valence-electron chi connectivity index (χ3n) is 6.16. The van der Waals surface area contributed by atoms with Gasteiger partial charge in [-0.1, -0.05) is 50.1 Å². The molecule has 0 atom stereocenters. The zero-order valence-electron chi connectivity index (χ0n) is 17.0. The maximum absolute atomic E-state index is 15.3. The quantitative estimate of drug-likeness (QED) is 0.328. The third kappa shape index (κ3) is 3.24. The van der Waals surface area contributed by atoms with Gasteiger partial charge in [0.1, 0.15) is 0 Å². The highest BCUT2D eigenvalue weighted by molar-refractivity contribution is 6.06. The molecule has 0 N–H and O–H groups in total. The van der Waals surface area contributed by atoms with E-state index in [1.807, 2.05) is 24.3 Å². The molecule has 30 heavy (non-hydrogen) atoms. The third-order valence-corrected chi connectivity index (χ3v) is 6.16. The second-order valence-electron chi connectivity index (χ2n) is 8.22. The fourth-order valence-electron chi connectivity index (χ4n) is 4.16. The van der Waals surface area contributed by atoms with Gasteiger partial charge in [-0.3, -0.25) is 0 Å². The Labute approximate surface area is 174 Å². The minimum Gasteiger partial charge on any atom is -0.490 e. The Morgan fingerprint density at radius 1 is 0.900 bits per heavy atom. The van der Waals surface area contributed by atoms with E-state index in [-0.39, 0.29) is 16.9 Å². The number of benzene rings is 3. The first-order chi connectivity index (χ1) is 14.7. The van der Waals surface area contributed by atoms with E-state index in [1.54, 1.807) is 24.3 Å². The molecule has 1 fully saturated rings. The summed E-state index contributed by atoms with van der Waals surface area (Å²) in [4.78, 5) is 0. The number of aryl methyl sites for hydroxylation is 1. The van der Waals surface area contributed by atoms with Crippen molar-refractivity contribution in [3.05, 3.63) is 65.7 Å². The molecule has 4 aromatic rings. The lowest BCUT2D eigenvalue weighted by Gasteiger charge is -2.25. The van der Waals surface area contributed by atoms with Gasteiger partial charge in [-0.2, -0.15) is 4.39 Å². The summed E-state index contributed by atoms with van der Waals surface area (Å²) in [6.07, 6.45) is 5.53. The minimum atomic E-state index is -0.562. The van der Waals surface area contributed by atoms with E-state index in [4.69, 9.17) is 9.15 Å². The first-order valence-electron chi connectivity index (χ1n) is 10.7. The van der Waals surface area contributed by atoms with E-state index in [0.717, 1.165) is 31.2 Å². The van der Waals surface area contributed by atoms with E-state index in [2.05, 4.69) is 6.92 Å². The van der Waals surface area contributed by atoms with Crippen molar-refractivity contribution in [2.45, 2.75) is 39.0 Å². The molecule has 0 aliphatic heterocycles. The molecular formula is C26H24F2O2. The summed E-state index contributed by atoms with van der Waals surface area (Å²) in [5.74, 6) is -0.365. The van der Waals surface area contributed by atoms with Crippen molar-refractivity contribution in [3.8, 4) is 16.9 Å². The van der Waals surface area contributed by atoms with Crippen molar-refractivity contribution >= 4 is 21.9 Å². The van der Waals surface area contributed by atoms with Crippen molar-refractivity contribution in [1.82, 2.24) is 0 Å². The predicted octanol–water partition coefficient (Wildman–Crippen LogP) is 7.66. The largest absolute Gasteiger partial charge is 0.490 e. The molecule has 0 unspecified atom stereocenters.